The molecule has 0 aromatic heterocycles. The van der Waals surface area contributed by atoms with Crippen LogP contribution >= 0.6 is 0 Å². The predicted molar refractivity (Wildman–Crippen MR) is 99.9 cm³/mol. The van der Waals surface area contributed by atoms with Crippen LogP contribution in [0.4, 0.5) is 5.69 Å². The molecule has 0 saturated carbocycles. The number of para-hydroxylation sites is 1. The normalized spacial score (nSPS) is 15.2. The van der Waals surface area contributed by atoms with Crippen molar-refractivity contribution >= 4 is 11.6 Å². The van der Waals surface area contributed by atoms with E-state index in [4.69, 9.17) is 11.5 Å². The van der Waals surface area contributed by atoms with Crippen LogP contribution in [0.25, 0.3) is 0 Å². The molecule has 0 unspecified atom stereocenters. The average molecular weight is 323 g/mol. The standard InChI is InChI=1S/C19H25N5/c20-19(21)22-14-16-6-4-5-7-17(16)15-23-10-12-24(13-11-23)18-8-2-1-3-9-18/h1-9H,10-15H2,(H4,20,21,22). The third kappa shape index (κ3) is 4.26. The van der Waals surface area contributed by atoms with E-state index in [0.29, 0.717) is 6.54 Å². The monoisotopic (exact) mass is 323 g/mol. The van der Waals surface area contributed by atoms with E-state index in [2.05, 4.69) is 63.3 Å². The molecule has 3 rings (SSSR count). The molecule has 0 atom stereocenters. The van der Waals surface area contributed by atoms with Crippen molar-refractivity contribution in [1.29, 1.82) is 0 Å². The second-order valence-electron chi connectivity index (χ2n) is 6.11. The van der Waals surface area contributed by atoms with Crippen LogP contribution in [0.2, 0.25) is 0 Å². The van der Waals surface area contributed by atoms with Gasteiger partial charge in [-0.25, -0.2) is 4.99 Å². The molecule has 2 aromatic carbocycles. The summed E-state index contributed by atoms with van der Waals surface area (Å²) in [5, 5.41) is 0. The van der Waals surface area contributed by atoms with E-state index < -0.39 is 0 Å². The van der Waals surface area contributed by atoms with Crippen LogP contribution in [-0.2, 0) is 13.1 Å². The average Bonchev–Trinajstić information content (AvgIpc) is 2.62. The third-order valence-electron chi connectivity index (χ3n) is 4.44. The van der Waals surface area contributed by atoms with Gasteiger partial charge in [-0.2, -0.15) is 0 Å². The minimum absolute atomic E-state index is 0.140. The van der Waals surface area contributed by atoms with Crippen molar-refractivity contribution in [3.63, 3.8) is 0 Å². The number of piperazine rings is 1. The Morgan fingerprint density at radius 3 is 2.12 bits per heavy atom. The first kappa shape index (κ1) is 16.3. The minimum atomic E-state index is 0.140. The summed E-state index contributed by atoms with van der Waals surface area (Å²) in [7, 11) is 0. The summed E-state index contributed by atoms with van der Waals surface area (Å²) in [6.45, 7) is 5.72. The van der Waals surface area contributed by atoms with Crippen molar-refractivity contribution in [2.75, 3.05) is 31.1 Å². The van der Waals surface area contributed by atoms with Crippen molar-refractivity contribution in [2.24, 2.45) is 16.5 Å². The Morgan fingerprint density at radius 1 is 0.833 bits per heavy atom. The van der Waals surface area contributed by atoms with Gasteiger partial charge in [0.1, 0.15) is 0 Å². The second-order valence-corrected chi connectivity index (χ2v) is 6.11. The van der Waals surface area contributed by atoms with E-state index in [1.165, 1.54) is 16.8 Å². The SMILES string of the molecule is NC(N)=NCc1ccccc1CN1CCN(c2ccccc2)CC1. The van der Waals surface area contributed by atoms with Gasteiger partial charge in [-0.1, -0.05) is 42.5 Å². The molecule has 1 aliphatic rings. The molecule has 1 heterocycles. The zero-order chi connectivity index (χ0) is 16.8. The van der Waals surface area contributed by atoms with Crippen LogP contribution in [0, 0.1) is 0 Å². The molecule has 0 bridgehead atoms. The number of benzene rings is 2. The van der Waals surface area contributed by atoms with Gasteiger partial charge in [0.15, 0.2) is 5.96 Å². The third-order valence-corrected chi connectivity index (χ3v) is 4.44. The molecule has 5 nitrogen and oxygen atoms in total. The number of hydrogen-bond acceptors (Lipinski definition) is 3. The number of nitrogens with two attached hydrogens (primary N) is 2. The van der Waals surface area contributed by atoms with E-state index in [-0.39, 0.29) is 5.96 Å². The Kier molecular flexibility index (Phi) is 5.33. The highest BCUT2D eigenvalue weighted by molar-refractivity contribution is 5.75. The van der Waals surface area contributed by atoms with Crippen LogP contribution in [-0.4, -0.2) is 37.0 Å². The topological polar surface area (TPSA) is 70.9 Å². The Bertz CT molecular complexity index is 671. The van der Waals surface area contributed by atoms with Crippen molar-refractivity contribution in [3.8, 4) is 0 Å². The van der Waals surface area contributed by atoms with Gasteiger partial charge in [-0.3, -0.25) is 4.90 Å². The molecule has 0 radical (unpaired) electrons. The number of rotatable bonds is 5. The molecule has 2 aromatic rings. The van der Waals surface area contributed by atoms with E-state index in [9.17, 15) is 0 Å². The molecule has 1 aliphatic heterocycles. The van der Waals surface area contributed by atoms with E-state index in [1.807, 2.05) is 6.07 Å². The van der Waals surface area contributed by atoms with Gasteiger partial charge >= 0.3 is 0 Å². The fraction of sp³-hybridized carbons (Fsp3) is 0.316. The fourth-order valence-corrected chi connectivity index (χ4v) is 3.09. The largest absolute Gasteiger partial charge is 0.370 e. The number of guanidine groups is 1. The maximum absolute atomic E-state index is 5.46. The summed E-state index contributed by atoms with van der Waals surface area (Å²) in [5.74, 6) is 0.140. The number of hydrogen-bond donors (Lipinski definition) is 2. The van der Waals surface area contributed by atoms with Crippen LogP contribution < -0.4 is 16.4 Å². The molecule has 5 heteroatoms. The van der Waals surface area contributed by atoms with E-state index in [1.54, 1.807) is 0 Å². The maximum Gasteiger partial charge on any atom is 0.186 e. The van der Waals surface area contributed by atoms with Crippen molar-refractivity contribution < 1.29 is 0 Å². The van der Waals surface area contributed by atoms with Crippen molar-refractivity contribution in [3.05, 3.63) is 65.7 Å². The van der Waals surface area contributed by atoms with Gasteiger partial charge in [0.2, 0.25) is 0 Å². The lowest BCUT2D eigenvalue weighted by Gasteiger charge is -2.36. The lowest BCUT2D eigenvalue weighted by Crippen LogP contribution is -2.46. The first-order chi connectivity index (χ1) is 11.7. The molecule has 1 fully saturated rings. The molecular weight excluding hydrogens is 298 g/mol. The highest BCUT2D eigenvalue weighted by atomic mass is 15.3. The molecule has 1 saturated heterocycles. The minimum Gasteiger partial charge on any atom is -0.370 e. The molecular formula is C19H25N5. The number of anilines is 1. The van der Waals surface area contributed by atoms with Crippen LogP contribution in [0.5, 0.6) is 0 Å². The van der Waals surface area contributed by atoms with E-state index >= 15 is 0 Å². The van der Waals surface area contributed by atoms with E-state index in [0.717, 1.165) is 32.7 Å². The lowest BCUT2D eigenvalue weighted by molar-refractivity contribution is 0.249. The first-order valence-electron chi connectivity index (χ1n) is 8.37. The molecule has 0 aliphatic carbocycles. The lowest BCUT2D eigenvalue weighted by atomic mass is 10.1. The van der Waals surface area contributed by atoms with Gasteiger partial charge < -0.3 is 16.4 Å². The Morgan fingerprint density at radius 2 is 1.46 bits per heavy atom. The molecule has 126 valence electrons. The Balaban J connectivity index is 1.59. The zero-order valence-electron chi connectivity index (χ0n) is 13.9. The van der Waals surface area contributed by atoms with Gasteiger partial charge in [0.05, 0.1) is 6.54 Å². The van der Waals surface area contributed by atoms with Crippen LogP contribution in [0.15, 0.2) is 59.6 Å². The zero-order valence-corrected chi connectivity index (χ0v) is 13.9. The summed E-state index contributed by atoms with van der Waals surface area (Å²) in [6, 6.07) is 19.0. The fourth-order valence-electron chi connectivity index (χ4n) is 3.09. The Labute approximate surface area is 143 Å². The first-order valence-corrected chi connectivity index (χ1v) is 8.37. The molecule has 24 heavy (non-hydrogen) atoms. The summed E-state index contributed by atoms with van der Waals surface area (Å²) >= 11 is 0. The van der Waals surface area contributed by atoms with Crippen LogP contribution in [0.3, 0.4) is 0 Å². The van der Waals surface area contributed by atoms with Crippen molar-refractivity contribution in [2.45, 2.75) is 13.1 Å². The highest BCUT2D eigenvalue weighted by Gasteiger charge is 2.17. The summed E-state index contributed by atoms with van der Waals surface area (Å²) in [5.41, 5.74) is 14.7. The van der Waals surface area contributed by atoms with Gasteiger partial charge in [0.25, 0.3) is 0 Å². The highest BCUT2D eigenvalue weighted by Crippen LogP contribution is 2.18. The molecule has 4 N–H and O–H groups in total. The molecule has 0 spiro atoms. The second kappa shape index (κ2) is 7.84. The van der Waals surface area contributed by atoms with Gasteiger partial charge in [-0.05, 0) is 23.3 Å². The van der Waals surface area contributed by atoms with Crippen molar-refractivity contribution in [1.82, 2.24) is 4.90 Å². The number of nitrogens with zero attached hydrogens (tertiary/aromatic N) is 3. The number of aliphatic imine (C=N–C) groups is 1. The quantitative estimate of drug-likeness (QED) is 0.650. The summed E-state index contributed by atoms with van der Waals surface area (Å²) in [4.78, 5) is 9.09. The summed E-state index contributed by atoms with van der Waals surface area (Å²) in [6.07, 6.45) is 0. The van der Waals surface area contributed by atoms with Gasteiger partial charge in [-0.15, -0.1) is 0 Å². The predicted octanol–water partition coefficient (Wildman–Crippen LogP) is 1.78. The maximum atomic E-state index is 5.46. The molecule has 0 amide bonds. The summed E-state index contributed by atoms with van der Waals surface area (Å²) < 4.78 is 0. The Hall–Kier alpha value is -2.53. The van der Waals surface area contributed by atoms with Gasteiger partial charge in [0, 0.05) is 38.4 Å². The smallest absolute Gasteiger partial charge is 0.186 e. The van der Waals surface area contributed by atoms with Crippen LogP contribution in [0.1, 0.15) is 11.1 Å².